The van der Waals surface area contributed by atoms with Gasteiger partial charge in [-0.25, -0.2) is 4.98 Å². The van der Waals surface area contributed by atoms with Crippen molar-refractivity contribution in [3.8, 4) is 0 Å². The number of anilines is 2. The monoisotopic (exact) mass is 277 g/mol. The highest BCUT2D eigenvalue weighted by molar-refractivity contribution is 5.98. The van der Waals surface area contributed by atoms with Crippen molar-refractivity contribution in [3.05, 3.63) is 17.8 Å². The molecule has 0 unspecified atom stereocenters. The van der Waals surface area contributed by atoms with Gasteiger partial charge in [-0.3, -0.25) is 9.59 Å². The predicted octanol–water partition coefficient (Wildman–Crippen LogP) is -0.132. The van der Waals surface area contributed by atoms with Gasteiger partial charge in [0.1, 0.15) is 5.82 Å². The van der Waals surface area contributed by atoms with Crippen LogP contribution in [0.1, 0.15) is 30.1 Å². The standard InChI is InChI=1S/C13H19N5O2/c1-8(19)17-10-2-4-18(5-3-10)13-11(12(15)20)6-9(14)7-16-13/h6-7,10H,2-5,14H2,1H3,(H2,15,20)(H,17,19). The van der Waals surface area contributed by atoms with Crippen LogP contribution in [0.5, 0.6) is 0 Å². The molecule has 1 fully saturated rings. The van der Waals surface area contributed by atoms with Gasteiger partial charge < -0.3 is 21.7 Å². The highest BCUT2D eigenvalue weighted by Crippen LogP contribution is 2.23. The van der Waals surface area contributed by atoms with Gasteiger partial charge in [-0.2, -0.15) is 0 Å². The topological polar surface area (TPSA) is 114 Å². The molecule has 1 saturated heterocycles. The summed E-state index contributed by atoms with van der Waals surface area (Å²) >= 11 is 0. The smallest absolute Gasteiger partial charge is 0.252 e. The molecule has 0 bridgehead atoms. The summed E-state index contributed by atoms with van der Waals surface area (Å²) in [4.78, 5) is 28.7. The van der Waals surface area contributed by atoms with Gasteiger partial charge in [0.05, 0.1) is 17.4 Å². The molecule has 0 aromatic carbocycles. The van der Waals surface area contributed by atoms with Gasteiger partial charge >= 0.3 is 0 Å². The van der Waals surface area contributed by atoms with Crippen LogP contribution in [0.2, 0.25) is 0 Å². The van der Waals surface area contributed by atoms with E-state index in [1.54, 1.807) is 6.07 Å². The van der Waals surface area contributed by atoms with Crippen molar-refractivity contribution >= 4 is 23.3 Å². The van der Waals surface area contributed by atoms with E-state index in [2.05, 4.69) is 10.3 Å². The lowest BCUT2D eigenvalue weighted by Gasteiger charge is -2.33. The third-order valence-electron chi connectivity index (χ3n) is 3.36. The number of primary amides is 1. The van der Waals surface area contributed by atoms with Crippen molar-refractivity contribution < 1.29 is 9.59 Å². The summed E-state index contributed by atoms with van der Waals surface area (Å²) in [5.74, 6) is 0.00337. The maximum absolute atomic E-state index is 11.5. The largest absolute Gasteiger partial charge is 0.397 e. The summed E-state index contributed by atoms with van der Waals surface area (Å²) in [5.41, 5.74) is 11.7. The fraction of sp³-hybridized carbons (Fsp3) is 0.462. The Labute approximate surface area is 117 Å². The Kier molecular flexibility index (Phi) is 4.07. The lowest BCUT2D eigenvalue weighted by molar-refractivity contribution is -0.119. The van der Waals surface area contributed by atoms with Gasteiger partial charge in [0.2, 0.25) is 5.91 Å². The molecule has 0 radical (unpaired) electrons. The molecule has 7 heteroatoms. The minimum Gasteiger partial charge on any atom is -0.397 e. The Bertz CT molecular complexity index is 523. The number of amides is 2. The Hall–Kier alpha value is -2.31. The third kappa shape index (κ3) is 3.17. The van der Waals surface area contributed by atoms with Crippen molar-refractivity contribution in [2.75, 3.05) is 23.7 Å². The first-order valence-corrected chi connectivity index (χ1v) is 6.54. The minimum atomic E-state index is -0.538. The summed E-state index contributed by atoms with van der Waals surface area (Å²) in [6.45, 7) is 2.93. The van der Waals surface area contributed by atoms with E-state index in [4.69, 9.17) is 11.5 Å². The molecule has 7 nitrogen and oxygen atoms in total. The minimum absolute atomic E-state index is 0.0214. The second-order valence-electron chi connectivity index (χ2n) is 4.97. The fourth-order valence-electron chi connectivity index (χ4n) is 2.43. The fourth-order valence-corrected chi connectivity index (χ4v) is 2.43. The molecule has 0 saturated carbocycles. The number of nitrogens with zero attached hydrogens (tertiary/aromatic N) is 2. The number of piperidine rings is 1. The van der Waals surface area contributed by atoms with E-state index in [-0.39, 0.29) is 11.9 Å². The zero-order valence-electron chi connectivity index (χ0n) is 11.4. The Morgan fingerprint density at radius 2 is 2.05 bits per heavy atom. The number of rotatable bonds is 3. The number of nitrogen functional groups attached to an aromatic ring is 1. The van der Waals surface area contributed by atoms with Gasteiger partial charge in [-0.15, -0.1) is 0 Å². The molecule has 0 spiro atoms. The molecule has 108 valence electrons. The lowest BCUT2D eigenvalue weighted by Crippen LogP contribution is -2.44. The normalized spacial score (nSPS) is 15.9. The molecule has 2 amide bonds. The number of hydrogen-bond acceptors (Lipinski definition) is 5. The maximum Gasteiger partial charge on any atom is 0.252 e. The summed E-state index contributed by atoms with van der Waals surface area (Å²) < 4.78 is 0. The average Bonchev–Trinajstić information content (AvgIpc) is 2.39. The first-order valence-electron chi connectivity index (χ1n) is 6.54. The molecule has 0 atom stereocenters. The van der Waals surface area contributed by atoms with E-state index in [0.717, 1.165) is 12.8 Å². The molecule has 20 heavy (non-hydrogen) atoms. The molecule has 1 aliphatic rings. The van der Waals surface area contributed by atoms with Gasteiger partial charge in [-0.05, 0) is 18.9 Å². The van der Waals surface area contributed by atoms with Crippen molar-refractivity contribution in [2.24, 2.45) is 5.73 Å². The predicted molar refractivity (Wildman–Crippen MR) is 76.2 cm³/mol. The molecule has 5 N–H and O–H groups in total. The van der Waals surface area contributed by atoms with Gasteiger partial charge in [0, 0.05) is 26.1 Å². The highest BCUT2D eigenvalue weighted by Gasteiger charge is 2.23. The van der Waals surface area contributed by atoms with Gasteiger partial charge in [0.15, 0.2) is 0 Å². The first-order chi connectivity index (χ1) is 9.47. The van der Waals surface area contributed by atoms with E-state index in [1.807, 2.05) is 4.90 Å². The summed E-state index contributed by atoms with van der Waals surface area (Å²) in [5, 5.41) is 2.90. The van der Waals surface area contributed by atoms with E-state index >= 15 is 0 Å². The van der Waals surface area contributed by atoms with E-state index < -0.39 is 5.91 Å². The Morgan fingerprint density at radius 3 is 2.60 bits per heavy atom. The number of aromatic nitrogens is 1. The van der Waals surface area contributed by atoms with Crippen LogP contribution in [0.15, 0.2) is 12.3 Å². The number of pyridine rings is 1. The second-order valence-corrected chi connectivity index (χ2v) is 4.97. The van der Waals surface area contributed by atoms with Crippen LogP contribution in [-0.2, 0) is 4.79 Å². The molecule has 1 aliphatic heterocycles. The lowest BCUT2D eigenvalue weighted by atomic mass is 10.0. The van der Waals surface area contributed by atoms with Crippen LogP contribution >= 0.6 is 0 Å². The number of carbonyl (C=O) groups is 2. The average molecular weight is 277 g/mol. The number of carbonyl (C=O) groups excluding carboxylic acids is 2. The molecule has 1 aromatic heterocycles. The number of nitrogens with two attached hydrogens (primary N) is 2. The Balaban J connectivity index is 2.11. The molecule has 2 rings (SSSR count). The van der Waals surface area contributed by atoms with Crippen molar-refractivity contribution in [1.29, 1.82) is 0 Å². The molecular formula is C13H19N5O2. The molecule has 0 aliphatic carbocycles. The number of hydrogen-bond donors (Lipinski definition) is 3. The highest BCUT2D eigenvalue weighted by atomic mass is 16.1. The van der Waals surface area contributed by atoms with Crippen LogP contribution in [-0.4, -0.2) is 35.9 Å². The van der Waals surface area contributed by atoms with Crippen LogP contribution in [0.4, 0.5) is 11.5 Å². The Morgan fingerprint density at radius 1 is 1.40 bits per heavy atom. The van der Waals surface area contributed by atoms with Crippen LogP contribution in [0, 0.1) is 0 Å². The summed E-state index contributed by atoms with van der Waals surface area (Å²) in [6.07, 6.45) is 3.13. The SMILES string of the molecule is CC(=O)NC1CCN(c2ncc(N)cc2C(N)=O)CC1. The van der Waals surface area contributed by atoms with Gasteiger partial charge in [-0.1, -0.05) is 0 Å². The molecule has 2 heterocycles. The van der Waals surface area contributed by atoms with Crippen molar-refractivity contribution in [3.63, 3.8) is 0 Å². The van der Waals surface area contributed by atoms with Crippen LogP contribution in [0.25, 0.3) is 0 Å². The number of nitrogens with one attached hydrogen (secondary N) is 1. The summed E-state index contributed by atoms with van der Waals surface area (Å²) in [7, 11) is 0. The zero-order valence-corrected chi connectivity index (χ0v) is 11.4. The summed E-state index contributed by atoms with van der Waals surface area (Å²) in [6, 6.07) is 1.72. The zero-order chi connectivity index (χ0) is 14.7. The quantitative estimate of drug-likeness (QED) is 0.712. The second kappa shape index (κ2) is 5.77. The van der Waals surface area contributed by atoms with E-state index in [1.165, 1.54) is 13.1 Å². The van der Waals surface area contributed by atoms with Crippen molar-refractivity contribution in [1.82, 2.24) is 10.3 Å². The molecule has 1 aromatic rings. The van der Waals surface area contributed by atoms with Crippen LogP contribution < -0.4 is 21.7 Å². The van der Waals surface area contributed by atoms with Crippen molar-refractivity contribution in [2.45, 2.75) is 25.8 Å². The first kappa shape index (κ1) is 14.1. The molecular weight excluding hydrogens is 258 g/mol. The van der Waals surface area contributed by atoms with E-state index in [0.29, 0.717) is 30.2 Å². The van der Waals surface area contributed by atoms with E-state index in [9.17, 15) is 9.59 Å². The third-order valence-corrected chi connectivity index (χ3v) is 3.36. The maximum atomic E-state index is 11.5. The van der Waals surface area contributed by atoms with Gasteiger partial charge in [0.25, 0.3) is 5.91 Å². The van der Waals surface area contributed by atoms with Crippen LogP contribution in [0.3, 0.4) is 0 Å².